The van der Waals surface area contributed by atoms with Crippen LogP contribution in [0, 0.1) is 5.92 Å². The lowest BCUT2D eigenvalue weighted by Crippen LogP contribution is -2.36. The number of carboxylic acid groups (broad SMARTS) is 1. The van der Waals surface area contributed by atoms with Gasteiger partial charge in [0.2, 0.25) is 0 Å². The number of aliphatic hydroxyl groups is 1. The summed E-state index contributed by atoms with van der Waals surface area (Å²) in [7, 11) is 0. The second-order valence-corrected chi connectivity index (χ2v) is 6.18. The van der Waals surface area contributed by atoms with Gasteiger partial charge in [0.05, 0.1) is 11.7 Å². The number of nitrogens with zero attached hydrogens (tertiary/aromatic N) is 1. The maximum atomic E-state index is 10.3. The largest absolute Gasteiger partial charge is 0.478 e. The van der Waals surface area contributed by atoms with E-state index in [1.165, 1.54) is 25.1 Å². The second kappa shape index (κ2) is 11.3. The number of anilines is 1. The van der Waals surface area contributed by atoms with Crippen molar-refractivity contribution in [3.63, 3.8) is 0 Å². The van der Waals surface area contributed by atoms with Crippen LogP contribution in [0.2, 0.25) is 0 Å². The fourth-order valence-corrected chi connectivity index (χ4v) is 2.21. The van der Waals surface area contributed by atoms with Gasteiger partial charge in [-0.25, -0.2) is 4.79 Å². The molecule has 0 spiro atoms. The van der Waals surface area contributed by atoms with E-state index >= 15 is 0 Å². The molecule has 1 fully saturated rings. The van der Waals surface area contributed by atoms with Crippen LogP contribution in [0.25, 0.3) is 0 Å². The molecule has 23 heavy (non-hydrogen) atoms. The number of hydrogen-bond acceptors (Lipinski definition) is 4. The van der Waals surface area contributed by atoms with Crippen molar-refractivity contribution >= 4 is 24.1 Å². The number of halogens is 1. The molecule has 0 atom stereocenters. The molecule has 4 N–H and O–H groups in total. The highest BCUT2D eigenvalue weighted by atomic mass is 35.5. The van der Waals surface area contributed by atoms with E-state index in [4.69, 9.17) is 10.8 Å². The van der Waals surface area contributed by atoms with Gasteiger partial charge in [0.15, 0.2) is 0 Å². The Balaban J connectivity index is 0.000000409. The monoisotopic (exact) mass is 344 g/mol. The van der Waals surface area contributed by atoms with Crippen LogP contribution in [-0.2, 0) is 0 Å². The van der Waals surface area contributed by atoms with E-state index in [9.17, 15) is 9.90 Å². The van der Waals surface area contributed by atoms with Crippen LogP contribution in [0.1, 0.15) is 43.5 Å². The van der Waals surface area contributed by atoms with Crippen LogP contribution in [0.15, 0.2) is 24.3 Å². The van der Waals surface area contributed by atoms with Crippen LogP contribution >= 0.6 is 12.4 Å². The Morgan fingerprint density at radius 2 is 1.78 bits per heavy atom. The summed E-state index contributed by atoms with van der Waals surface area (Å²) >= 11 is 0. The van der Waals surface area contributed by atoms with E-state index in [2.05, 4.69) is 18.7 Å². The number of carbonyl (C=O) groups is 1. The van der Waals surface area contributed by atoms with Crippen LogP contribution in [-0.4, -0.2) is 46.8 Å². The van der Waals surface area contributed by atoms with Gasteiger partial charge in [-0.05, 0) is 56.0 Å². The third-order valence-electron chi connectivity index (χ3n) is 3.74. The first-order valence-electron chi connectivity index (χ1n) is 7.87. The molecule has 0 bridgehead atoms. The molecule has 0 radical (unpaired) electrons. The van der Waals surface area contributed by atoms with E-state index in [1.54, 1.807) is 12.1 Å². The topological polar surface area (TPSA) is 86.8 Å². The van der Waals surface area contributed by atoms with E-state index in [0.29, 0.717) is 5.69 Å². The number of carboxylic acids is 1. The molecule has 2 rings (SSSR count). The van der Waals surface area contributed by atoms with Crippen molar-refractivity contribution in [1.82, 2.24) is 4.90 Å². The molecule has 5 nitrogen and oxygen atoms in total. The van der Waals surface area contributed by atoms with E-state index < -0.39 is 5.97 Å². The predicted octanol–water partition coefficient (Wildman–Crippen LogP) is 2.88. The van der Waals surface area contributed by atoms with Crippen molar-refractivity contribution in [2.75, 3.05) is 25.4 Å². The minimum absolute atomic E-state index is 0. The molecule has 1 saturated heterocycles. The minimum Gasteiger partial charge on any atom is -0.478 e. The fourth-order valence-electron chi connectivity index (χ4n) is 2.21. The number of aliphatic hydroxyl groups excluding tert-OH is 1. The van der Waals surface area contributed by atoms with Gasteiger partial charge < -0.3 is 20.8 Å². The van der Waals surface area contributed by atoms with Crippen LogP contribution in [0.5, 0.6) is 0 Å². The van der Waals surface area contributed by atoms with E-state index in [1.807, 2.05) is 0 Å². The zero-order chi connectivity index (χ0) is 16.5. The summed E-state index contributed by atoms with van der Waals surface area (Å²) in [6.07, 6.45) is 3.20. The molecule has 0 amide bonds. The Labute approximate surface area is 144 Å². The molecule has 1 aromatic rings. The number of hydrogen-bond donors (Lipinski definition) is 3. The normalized spacial score (nSPS) is 15.5. The highest BCUT2D eigenvalue weighted by molar-refractivity contribution is 5.87. The van der Waals surface area contributed by atoms with Gasteiger partial charge in [0.25, 0.3) is 0 Å². The fraction of sp³-hybridized carbons (Fsp3) is 0.588. The first-order valence-corrected chi connectivity index (χ1v) is 7.87. The highest BCUT2D eigenvalue weighted by Crippen LogP contribution is 2.11. The van der Waals surface area contributed by atoms with E-state index in [0.717, 1.165) is 31.8 Å². The molecule has 1 aromatic carbocycles. The molecule has 0 saturated carbocycles. The predicted molar refractivity (Wildman–Crippen MR) is 96.2 cm³/mol. The summed E-state index contributed by atoms with van der Waals surface area (Å²) in [6, 6.07) is 6.06. The number of piperidine rings is 1. The van der Waals surface area contributed by atoms with Gasteiger partial charge in [0, 0.05) is 18.8 Å². The number of nitrogens with two attached hydrogens (primary N) is 1. The minimum atomic E-state index is -0.931. The first-order chi connectivity index (χ1) is 10.4. The summed E-state index contributed by atoms with van der Waals surface area (Å²) < 4.78 is 0. The number of benzene rings is 1. The van der Waals surface area contributed by atoms with Crippen molar-refractivity contribution in [2.45, 2.75) is 39.2 Å². The van der Waals surface area contributed by atoms with Crippen molar-refractivity contribution < 1.29 is 15.0 Å². The smallest absolute Gasteiger partial charge is 0.335 e. The van der Waals surface area contributed by atoms with Crippen LogP contribution in [0.4, 0.5) is 5.69 Å². The van der Waals surface area contributed by atoms with Crippen molar-refractivity contribution in [1.29, 1.82) is 0 Å². The molecular weight excluding hydrogens is 316 g/mol. The summed E-state index contributed by atoms with van der Waals surface area (Å²) in [5.74, 6) is -0.128. The zero-order valence-electron chi connectivity index (χ0n) is 13.9. The first kappa shape index (κ1) is 21.7. The average molecular weight is 345 g/mol. The highest BCUT2D eigenvalue weighted by Gasteiger charge is 2.16. The molecular formula is C17H29ClN2O3. The summed E-state index contributed by atoms with van der Waals surface area (Å²) in [5, 5.41) is 17.7. The quantitative estimate of drug-likeness (QED) is 0.731. The molecule has 0 unspecified atom stereocenters. The van der Waals surface area contributed by atoms with Gasteiger partial charge in [-0.15, -0.1) is 12.4 Å². The molecule has 6 heteroatoms. The SMILES string of the molecule is CC(C)CCN1CCC(O)CC1.Cl.Nc1ccc(C(=O)O)cc1. The third-order valence-corrected chi connectivity index (χ3v) is 3.74. The van der Waals surface area contributed by atoms with Crippen molar-refractivity contribution in [3.8, 4) is 0 Å². The second-order valence-electron chi connectivity index (χ2n) is 6.18. The summed E-state index contributed by atoms with van der Waals surface area (Å²) in [5.41, 5.74) is 6.17. The average Bonchev–Trinajstić information content (AvgIpc) is 2.48. The maximum Gasteiger partial charge on any atom is 0.335 e. The summed E-state index contributed by atoms with van der Waals surface area (Å²) in [4.78, 5) is 12.7. The van der Waals surface area contributed by atoms with Crippen LogP contribution in [0.3, 0.4) is 0 Å². The Hall–Kier alpha value is -1.30. The lowest BCUT2D eigenvalue weighted by molar-refractivity contribution is 0.0696. The molecule has 1 heterocycles. The molecule has 0 aromatic heterocycles. The van der Waals surface area contributed by atoms with Gasteiger partial charge >= 0.3 is 5.97 Å². The Morgan fingerprint density at radius 3 is 2.22 bits per heavy atom. The van der Waals surface area contributed by atoms with Crippen molar-refractivity contribution in [3.05, 3.63) is 29.8 Å². The van der Waals surface area contributed by atoms with E-state index in [-0.39, 0.29) is 24.1 Å². The third kappa shape index (κ3) is 9.43. The Bertz CT molecular complexity index is 444. The number of nitrogen functional groups attached to an aromatic ring is 1. The van der Waals surface area contributed by atoms with Gasteiger partial charge in [-0.1, -0.05) is 13.8 Å². The molecule has 132 valence electrons. The van der Waals surface area contributed by atoms with Gasteiger partial charge in [-0.2, -0.15) is 0 Å². The lowest BCUT2D eigenvalue weighted by atomic mass is 10.1. The summed E-state index contributed by atoms with van der Waals surface area (Å²) in [6.45, 7) is 7.92. The molecule has 1 aliphatic rings. The Kier molecular flexibility index (Phi) is 10.6. The molecule has 1 aliphatic heterocycles. The van der Waals surface area contributed by atoms with Gasteiger partial charge in [-0.3, -0.25) is 0 Å². The molecule has 0 aliphatic carbocycles. The number of rotatable bonds is 4. The lowest BCUT2D eigenvalue weighted by Gasteiger charge is -2.29. The number of likely N-dealkylation sites (tertiary alicyclic amines) is 1. The van der Waals surface area contributed by atoms with Gasteiger partial charge in [0.1, 0.15) is 0 Å². The van der Waals surface area contributed by atoms with Crippen LogP contribution < -0.4 is 5.73 Å². The standard InChI is InChI=1S/C10H21NO.C7H7NO2.ClH/c1-9(2)3-6-11-7-4-10(12)5-8-11;8-6-3-1-5(2-4-6)7(9)10;/h9-10,12H,3-8H2,1-2H3;1-4H,8H2,(H,9,10);1H. The Morgan fingerprint density at radius 1 is 1.26 bits per heavy atom. The van der Waals surface area contributed by atoms with Crippen molar-refractivity contribution in [2.24, 2.45) is 5.92 Å². The maximum absolute atomic E-state index is 10.3. The number of aromatic carboxylic acids is 1. The zero-order valence-corrected chi connectivity index (χ0v) is 14.8.